The van der Waals surface area contributed by atoms with Crippen LogP contribution in [0.2, 0.25) is 0 Å². The molecule has 0 radical (unpaired) electrons. The number of hydrogen-bond acceptors (Lipinski definition) is 4. The summed E-state index contributed by atoms with van der Waals surface area (Å²) in [7, 11) is -1.95. The number of fused-ring (bicyclic) bond motifs is 1. The molecule has 1 N–H and O–H groups in total. The van der Waals surface area contributed by atoms with E-state index in [1.165, 1.54) is 5.39 Å². The third kappa shape index (κ3) is 4.64. The first-order chi connectivity index (χ1) is 13.0. The van der Waals surface area contributed by atoms with Gasteiger partial charge in [-0.1, -0.05) is 31.2 Å². The lowest BCUT2D eigenvalue weighted by molar-refractivity contribution is 0.414. The highest BCUT2D eigenvalue weighted by Gasteiger charge is 2.15. The number of ether oxygens (including phenoxy) is 1. The van der Waals surface area contributed by atoms with Gasteiger partial charge in [-0.15, -0.1) is 0 Å². The van der Waals surface area contributed by atoms with E-state index in [1.807, 2.05) is 24.4 Å². The first-order valence-corrected chi connectivity index (χ1v) is 10.5. The van der Waals surface area contributed by atoms with Gasteiger partial charge in [-0.2, -0.15) is 0 Å². The molecule has 2 aromatic carbocycles. The molecule has 0 spiro atoms. The molecule has 0 aliphatic carbocycles. The molecule has 3 aromatic rings. The molecule has 0 amide bonds. The molecular formula is C21H24N2O3S. The number of sulfonamides is 1. The van der Waals surface area contributed by atoms with Crippen LogP contribution in [0, 0.1) is 0 Å². The second kappa shape index (κ2) is 8.50. The standard InChI is InChI=1S/C21H24N2O3S/c1-16(21-20-8-4-3-7-17(20)13-15-22-21)6-5-14-23-27(24,25)19-11-9-18(26-2)10-12-19/h3-4,7-13,15-16,23H,5-6,14H2,1-2H3. The molecule has 0 bridgehead atoms. The summed E-state index contributed by atoms with van der Waals surface area (Å²) in [6.07, 6.45) is 3.42. The molecule has 0 aliphatic rings. The van der Waals surface area contributed by atoms with Crippen molar-refractivity contribution in [3.63, 3.8) is 0 Å². The van der Waals surface area contributed by atoms with Crippen LogP contribution in [-0.4, -0.2) is 27.1 Å². The summed E-state index contributed by atoms with van der Waals surface area (Å²) in [6, 6.07) is 16.6. The van der Waals surface area contributed by atoms with Gasteiger partial charge in [0.2, 0.25) is 10.0 Å². The summed E-state index contributed by atoms with van der Waals surface area (Å²) >= 11 is 0. The number of nitrogens with one attached hydrogen (secondary N) is 1. The molecule has 1 heterocycles. The van der Waals surface area contributed by atoms with Crippen molar-refractivity contribution in [2.24, 2.45) is 0 Å². The van der Waals surface area contributed by atoms with Crippen molar-refractivity contribution in [3.8, 4) is 5.75 Å². The zero-order valence-corrected chi connectivity index (χ0v) is 16.4. The van der Waals surface area contributed by atoms with Crippen LogP contribution in [0.5, 0.6) is 5.75 Å². The van der Waals surface area contributed by atoms with Gasteiger partial charge in [-0.3, -0.25) is 4.98 Å². The van der Waals surface area contributed by atoms with Gasteiger partial charge in [-0.25, -0.2) is 13.1 Å². The molecule has 0 aliphatic heterocycles. The van der Waals surface area contributed by atoms with Crippen LogP contribution in [0.4, 0.5) is 0 Å². The third-order valence-electron chi connectivity index (χ3n) is 4.65. The molecule has 3 rings (SSSR count). The van der Waals surface area contributed by atoms with Gasteiger partial charge in [0, 0.05) is 18.1 Å². The Hall–Kier alpha value is -2.44. The van der Waals surface area contributed by atoms with Crippen LogP contribution in [0.25, 0.3) is 10.8 Å². The maximum atomic E-state index is 12.4. The maximum Gasteiger partial charge on any atom is 0.240 e. The molecule has 5 nitrogen and oxygen atoms in total. The fourth-order valence-electron chi connectivity index (χ4n) is 3.13. The highest BCUT2D eigenvalue weighted by Crippen LogP contribution is 2.26. The molecule has 27 heavy (non-hydrogen) atoms. The summed E-state index contributed by atoms with van der Waals surface area (Å²) in [6.45, 7) is 2.52. The van der Waals surface area contributed by atoms with Crippen molar-refractivity contribution in [1.82, 2.24) is 9.71 Å². The molecule has 1 aromatic heterocycles. The molecule has 6 heteroatoms. The molecule has 0 fully saturated rings. The number of pyridine rings is 1. The van der Waals surface area contributed by atoms with Gasteiger partial charge in [0.05, 0.1) is 17.7 Å². The van der Waals surface area contributed by atoms with Crippen LogP contribution in [-0.2, 0) is 10.0 Å². The van der Waals surface area contributed by atoms with Gasteiger partial charge in [0.25, 0.3) is 0 Å². The Morgan fingerprint density at radius 1 is 1.07 bits per heavy atom. The first kappa shape index (κ1) is 19.3. The number of rotatable bonds is 8. The van der Waals surface area contributed by atoms with Gasteiger partial charge in [0.1, 0.15) is 5.75 Å². The van der Waals surface area contributed by atoms with Gasteiger partial charge in [-0.05, 0) is 54.5 Å². The largest absolute Gasteiger partial charge is 0.497 e. The minimum atomic E-state index is -3.50. The monoisotopic (exact) mass is 384 g/mol. The summed E-state index contributed by atoms with van der Waals surface area (Å²) in [4.78, 5) is 4.79. The Morgan fingerprint density at radius 2 is 1.81 bits per heavy atom. The Bertz CT molecular complexity index is 996. The smallest absolute Gasteiger partial charge is 0.240 e. The number of nitrogens with zero attached hydrogens (tertiary/aromatic N) is 1. The number of aromatic nitrogens is 1. The average molecular weight is 385 g/mol. The number of hydrogen-bond donors (Lipinski definition) is 1. The fourth-order valence-corrected chi connectivity index (χ4v) is 4.20. The van der Waals surface area contributed by atoms with E-state index < -0.39 is 10.0 Å². The highest BCUT2D eigenvalue weighted by atomic mass is 32.2. The topological polar surface area (TPSA) is 68.3 Å². The maximum absolute atomic E-state index is 12.4. The van der Waals surface area contributed by atoms with Crippen LogP contribution in [0.15, 0.2) is 65.7 Å². The number of methoxy groups -OCH3 is 1. The van der Waals surface area contributed by atoms with E-state index in [0.717, 1.165) is 23.9 Å². The van der Waals surface area contributed by atoms with Crippen LogP contribution >= 0.6 is 0 Å². The summed E-state index contributed by atoms with van der Waals surface area (Å²) in [5, 5.41) is 2.33. The Kier molecular flexibility index (Phi) is 6.08. The van der Waals surface area contributed by atoms with E-state index in [4.69, 9.17) is 4.74 Å². The SMILES string of the molecule is COc1ccc(S(=O)(=O)NCCCC(C)c2nccc3ccccc23)cc1. The van der Waals surface area contributed by atoms with Gasteiger partial charge < -0.3 is 4.74 Å². The summed E-state index contributed by atoms with van der Waals surface area (Å²) in [5.41, 5.74) is 1.06. The zero-order chi connectivity index (χ0) is 19.3. The zero-order valence-electron chi connectivity index (χ0n) is 15.6. The summed E-state index contributed by atoms with van der Waals surface area (Å²) in [5.74, 6) is 0.881. The predicted octanol–water partition coefficient (Wildman–Crippen LogP) is 4.11. The van der Waals surface area contributed by atoms with E-state index in [0.29, 0.717) is 12.3 Å². The quantitative estimate of drug-likeness (QED) is 0.594. The Morgan fingerprint density at radius 3 is 2.56 bits per heavy atom. The van der Waals surface area contributed by atoms with Crippen LogP contribution in [0.1, 0.15) is 31.4 Å². The number of benzene rings is 2. The Balaban J connectivity index is 1.57. The molecule has 142 valence electrons. The minimum Gasteiger partial charge on any atom is -0.497 e. The molecule has 1 atom stereocenters. The van der Waals surface area contributed by atoms with E-state index in [9.17, 15) is 8.42 Å². The lowest BCUT2D eigenvalue weighted by atomic mass is 9.96. The third-order valence-corrected chi connectivity index (χ3v) is 6.12. The van der Waals surface area contributed by atoms with E-state index in [-0.39, 0.29) is 10.8 Å². The van der Waals surface area contributed by atoms with E-state index in [1.54, 1.807) is 31.4 Å². The van der Waals surface area contributed by atoms with Crippen molar-refractivity contribution >= 4 is 20.8 Å². The van der Waals surface area contributed by atoms with Crippen molar-refractivity contribution in [3.05, 3.63) is 66.5 Å². The lowest BCUT2D eigenvalue weighted by Crippen LogP contribution is -2.25. The minimum absolute atomic E-state index is 0.243. The fraction of sp³-hybridized carbons (Fsp3) is 0.286. The van der Waals surface area contributed by atoms with Crippen LogP contribution in [0.3, 0.4) is 0 Å². The van der Waals surface area contributed by atoms with Crippen molar-refractivity contribution in [1.29, 1.82) is 0 Å². The molecule has 0 saturated carbocycles. The summed E-state index contributed by atoms with van der Waals surface area (Å²) < 4.78 is 32.4. The second-order valence-corrected chi connectivity index (χ2v) is 8.30. The highest BCUT2D eigenvalue weighted by molar-refractivity contribution is 7.89. The lowest BCUT2D eigenvalue weighted by Gasteiger charge is -2.14. The van der Waals surface area contributed by atoms with Crippen molar-refractivity contribution < 1.29 is 13.2 Å². The first-order valence-electron chi connectivity index (χ1n) is 8.98. The van der Waals surface area contributed by atoms with Gasteiger partial charge >= 0.3 is 0 Å². The molecule has 1 unspecified atom stereocenters. The molecule has 0 saturated heterocycles. The Labute approximate surface area is 160 Å². The normalized spacial score (nSPS) is 12.8. The molecular weight excluding hydrogens is 360 g/mol. The van der Waals surface area contributed by atoms with Crippen LogP contribution < -0.4 is 9.46 Å². The van der Waals surface area contributed by atoms with E-state index >= 15 is 0 Å². The predicted molar refractivity (Wildman–Crippen MR) is 108 cm³/mol. The van der Waals surface area contributed by atoms with Gasteiger partial charge in [0.15, 0.2) is 0 Å². The van der Waals surface area contributed by atoms with Crippen molar-refractivity contribution in [2.75, 3.05) is 13.7 Å². The van der Waals surface area contributed by atoms with Crippen molar-refractivity contribution in [2.45, 2.75) is 30.6 Å². The van der Waals surface area contributed by atoms with E-state index in [2.05, 4.69) is 28.8 Å². The second-order valence-electron chi connectivity index (χ2n) is 6.53. The average Bonchev–Trinajstić information content (AvgIpc) is 2.70.